The van der Waals surface area contributed by atoms with Crippen LogP contribution in [0.2, 0.25) is 10.0 Å². The van der Waals surface area contributed by atoms with Crippen molar-refractivity contribution in [1.29, 1.82) is 0 Å². The lowest BCUT2D eigenvalue weighted by Crippen LogP contribution is -2.34. The molecule has 3 aromatic rings. The summed E-state index contributed by atoms with van der Waals surface area (Å²) in [6, 6.07) is 13.6. The highest BCUT2D eigenvalue weighted by atomic mass is 35.5. The van der Waals surface area contributed by atoms with Crippen LogP contribution in [0.4, 0.5) is 11.4 Å². The van der Waals surface area contributed by atoms with Gasteiger partial charge in [-0.05, 0) is 74.5 Å². The number of nitrogens with one attached hydrogen (secondary N) is 2. The topological polar surface area (TPSA) is 144 Å². The van der Waals surface area contributed by atoms with E-state index in [1.165, 1.54) is 54.5 Å². The second kappa shape index (κ2) is 13.4. The van der Waals surface area contributed by atoms with Crippen molar-refractivity contribution in [2.24, 2.45) is 0 Å². The number of anilines is 2. The molecule has 11 nitrogen and oxygen atoms in total. The van der Waals surface area contributed by atoms with Crippen LogP contribution in [-0.2, 0) is 35.2 Å². The van der Waals surface area contributed by atoms with E-state index in [1.807, 2.05) is 0 Å². The summed E-state index contributed by atoms with van der Waals surface area (Å²) in [4.78, 5) is 63.8. The quantitative estimate of drug-likeness (QED) is 0.204. The number of nitrogens with zero attached hydrogens (tertiary/aromatic N) is 1. The Balaban J connectivity index is 1.44. The first-order valence-electron chi connectivity index (χ1n) is 12.8. The lowest BCUT2D eigenvalue weighted by atomic mass is 10.1. The Labute approximate surface area is 256 Å². The first-order valence-corrected chi connectivity index (χ1v) is 13.6. The van der Waals surface area contributed by atoms with Crippen LogP contribution < -0.4 is 15.5 Å². The van der Waals surface area contributed by atoms with Crippen molar-refractivity contribution >= 4 is 70.3 Å². The summed E-state index contributed by atoms with van der Waals surface area (Å²) >= 11 is 12.2. The number of carbonyl (C=O) groups excluding carboxylic acids is 5. The third kappa shape index (κ3) is 6.96. The van der Waals surface area contributed by atoms with Crippen molar-refractivity contribution in [3.8, 4) is 0 Å². The molecule has 2 heterocycles. The standard InChI is InChI=1S/C30H25Cl2N3O8/c1-4-42-29(39)17-5-7-18(8-6-17)34-27(37)26(36)33-15-21-11-10-20(43-21)14-22-25(30(40)41-3)16(2)35(28(22)38)19-9-12-23(31)24(32)13-19/h5-14H,4,15H2,1-3H3,(H,33,36)(H,34,37). The summed E-state index contributed by atoms with van der Waals surface area (Å²) in [5.74, 6) is -3.11. The average molecular weight is 626 g/mol. The zero-order valence-electron chi connectivity index (χ0n) is 23.2. The molecule has 4 rings (SSSR count). The lowest BCUT2D eigenvalue weighted by molar-refractivity contribution is -0.136. The van der Waals surface area contributed by atoms with Gasteiger partial charge in [0.05, 0.1) is 52.7 Å². The Hall–Kier alpha value is -4.87. The molecule has 1 aromatic heterocycles. The predicted molar refractivity (Wildman–Crippen MR) is 158 cm³/mol. The predicted octanol–water partition coefficient (Wildman–Crippen LogP) is 4.90. The fourth-order valence-electron chi connectivity index (χ4n) is 4.16. The van der Waals surface area contributed by atoms with Gasteiger partial charge in [-0.1, -0.05) is 23.2 Å². The Morgan fingerprint density at radius 3 is 2.33 bits per heavy atom. The Kier molecular flexibility index (Phi) is 9.69. The van der Waals surface area contributed by atoms with Crippen molar-refractivity contribution in [1.82, 2.24) is 5.32 Å². The number of methoxy groups -OCH3 is 1. The van der Waals surface area contributed by atoms with Crippen LogP contribution in [0.25, 0.3) is 6.08 Å². The van der Waals surface area contributed by atoms with Gasteiger partial charge in [0, 0.05) is 11.4 Å². The zero-order valence-corrected chi connectivity index (χ0v) is 24.7. The molecule has 13 heteroatoms. The van der Waals surface area contributed by atoms with E-state index in [2.05, 4.69) is 10.6 Å². The monoisotopic (exact) mass is 625 g/mol. The molecule has 0 bridgehead atoms. The minimum Gasteiger partial charge on any atom is -0.465 e. The number of ether oxygens (including phenoxy) is 2. The molecule has 2 N–H and O–H groups in total. The van der Waals surface area contributed by atoms with Crippen molar-refractivity contribution in [2.75, 3.05) is 23.9 Å². The maximum atomic E-state index is 13.4. The molecule has 0 radical (unpaired) electrons. The zero-order chi connectivity index (χ0) is 31.3. The Morgan fingerprint density at radius 2 is 1.67 bits per heavy atom. The molecule has 2 aromatic carbocycles. The third-order valence-corrected chi connectivity index (χ3v) is 6.94. The summed E-state index contributed by atoms with van der Waals surface area (Å²) in [7, 11) is 1.20. The number of furan rings is 1. The number of amides is 3. The van der Waals surface area contributed by atoms with Gasteiger partial charge in [0.25, 0.3) is 5.91 Å². The molecule has 43 heavy (non-hydrogen) atoms. The van der Waals surface area contributed by atoms with E-state index in [9.17, 15) is 24.0 Å². The van der Waals surface area contributed by atoms with Gasteiger partial charge in [-0.15, -0.1) is 0 Å². The molecule has 222 valence electrons. The minimum absolute atomic E-state index is 0.0220. The number of hydrogen-bond acceptors (Lipinski definition) is 8. The van der Waals surface area contributed by atoms with Gasteiger partial charge in [0.15, 0.2) is 0 Å². The normalized spacial score (nSPS) is 13.7. The lowest BCUT2D eigenvalue weighted by Gasteiger charge is -2.18. The van der Waals surface area contributed by atoms with Crippen LogP contribution in [-0.4, -0.2) is 43.4 Å². The average Bonchev–Trinajstić information content (AvgIpc) is 3.54. The minimum atomic E-state index is -0.930. The van der Waals surface area contributed by atoms with Crippen LogP contribution in [0.15, 0.2) is 75.9 Å². The van der Waals surface area contributed by atoms with Crippen LogP contribution in [0.3, 0.4) is 0 Å². The molecule has 0 saturated carbocycles. The van der Waals surface area contributed by atoms with E-state index < -0.39 is 29.7 Å². The number of esters is 2. The van der Waals surface area contributed by atoms with Crippen LogP contribution in [0.5, 0.6) is 0 Å². The number of allylic oxidation sites excluding steroid dienone is 1. The maximum absolute atomic E-state index is 13.4. The number of halogens is 2. The Morgan fingerprint density at radius 1 is 0.953 bits per heavy atom. The van der Waals surface area contributed by atoms with Gasteiger partial charge < -0.3 is 24.5 Å². The maximum Gasteiger partial charge on any atom is 0.340 e. The molecule has 3 amide bonds. The largest absolute Gasteiger partial charge is 0.465 e. The van der Waals surface area contributed by atoms with Crippen LogP contribution >= 0.6 is 23.2 Å². The molecule has 0 atom stereocenters. The van der Waals surface area contributed by atoms with E-state index >= 15 is 0 Å². The van der Waals surface area contributed by atoms with Gasteiger partial charge in [-0.25, -0.2) is 9.59 Å². The summed E-state index contributed by atoms with van der Waals surface area (Å²) in [5.41, 5.74) is 1.39. The Bertz CT molecular complexity index is 1670. The van der Waals surface area contributed by atoms with E-state index in [-0.39, 0.29) is 40.8 Å². The van der Waals surface area contributed by atoms with Crippen molar-refractivity contribution in [3.05, 3.63) is 98.6 Å². The third-order valence-electron chi connectivity index (χ3n) is 6.20. The van der Waals surface area contributed by atoms with Crippen LogP contribution in [0, 0.1) is 0 Å². The SMILES string of the molecule is CCOC(=O)c1ccc(NC(=O)C(=O)NCc2ccc(C=C3C(=O)N(c4ccc(Cl)c(Cl)c4)C(C)=C3C(=O)OC)o2)cc1. The van der Waals surface area contributed by atoms with E-state index in [4.69, 9.17) is 37.1 Å². The first kappa shape index (κ1) is 31.1. The highest BCUT2D eigenvalue weighted by Crippen LogP contribution is 2.37. The molecule has 0 spiro atoms. The molecule has 1 aliphatic rings. The van der Waals surface area contributed by atoms with Gasteiger partial charge in [-0.2, -0.15) is 0 Å². The second-order valence-electron chi connectivity index (χ2n) is 8.99. The highest BCUT2D eigenvalue weighted by molar-refractivity contribution is 6.42. The van der Waals surface area contributed by atoms with Crippen molar-refractivity contribution in [2.45, 2.75) is 20.4 Å². The smallest absolute Gasteiger partial charge is 0.340 e. The second-order valence-corrected chi connectivity index (χ2v) is 9.80. The fourth-order valence-corrected chi connectivity index (χ4v) is 4.46. The summed E-state index contributed by atoms with van der Waals surface area (Å²) in [6.45, 7) is 3.37. The van der Waals surface area contributed by atoms with E-state index in [0.29, 0.717) is 27.7 Å². The highest BCUT2D eigenvalue weighted by Gasteiger charge is 2.38. The molecule has 0 unspecified atom stereocenters. The van der Waals surface area contributed by atoms with E-state index in [0.717, 1.165) is 0 Å². The number of hydrogen-bond donors (Lipinski definition) is 2. The van der Waals surface area contributed by atoms with Crippen molar-refractivity contribution in [3.63, 3.8) is 0 Å². The summed E-state index contributed by atoms with van der Waals surface area (Å²) in [6.07, 6.45) is 1.38. The first-order chi connectivity index (χ1) is 20.5. The molecule has 0 saturated heterocycles. The summed E-state index contributed by atoms with van der Waals surface area (Å²) in [5, 5.41) is 5.41. The van der Waals surface area contributed by atoms with E-state index in [1.54, 1.807) is 32.0 Å². The molecule has 0 fully saturated rings. The molecular formula is C30H25Cl2N3O8. The van der Waals surface area contributed by atoms with Gasteiger partial charge >= 0.3 is 23.8 Å². The fraction of sp³-hybridized carbons (Fsp3) is 0.167. The number of carbonyl (C=O) groups is 5. The summed E-state index contributed by atoms with van der Waals surface area (Å²) < 4.78 is 15.5. The van der Waals surface area contributed by atoms with Gasteiger partial charge in [0.2, 0.25) is 0 Å². The number of benzene rings is 2. The molecule has 0 aliphatic carbocycles. The number of rotatable bonds is 8. The van der Waals surface area contributed by atoms with Gasteiger partial charge in [0.1, 0.15) is 11.5 Å². The molecular weight excluding hydrogens is 601 g/mol. The van der Waals surface area contributed by atoms with Crippen LogP contribution in [0.1, 0.15) is 35.7 Å². The van der Waals surface area contributed by atoms with Gasteiger partial charge in [-0.3, -0.25) is 19.3 Å². The molecule has 1 aliphatic heterocycles. The van der Waals surface area contributed by atoms with Crippen molar-refractivity contribution < 1.29 is 37.9 Å².